The molecule has 0 saturated heterocycles. The second-order valence-electron chi connectivity index (χ2n) is 7.62. The molecule has 5 nitrogen and oxygen atoms in total. The van der Waals surface area contributed by atoms with Crippen LogP contribution in [0.15, 0.2) is 29.3 Å². The lowest BCUT2D eigenvalue weighted by Crippen LogP contribution is -2.42. The molecule has 3 N–H and O–H groups in total. The first kappa shape index (κ1) is 24.7. The highest BCUT2D eigenvalue weighted by molar-refractivity contribution is 14.0. The molecule has 1 amide bonds. The lowest BCUT2D eigenvalue weighted by atomic mass is 9.89. The van der Waals surface area contributed by atoms with Gasteiger partial charge in [0.05, 0.1) is 6.54 Å². The van der Waals surface area contributed by atoms with Crippen LogP contribution in [0.3, 0.4) is 0 Å². The Morgan fingerprint density at radius 1 is 1.27 bits per heavy atom. The van der Waals surface area contributed by atoms with Gasteiger partial charge >= 0.3 is 0 Å². The van der Waals surface area contributed by atoms with E-state index in [0.29, 0.717) is 23.6 Å². The average Bonchev–Trinajstić information content (AvgIpc) is 2.57. The van der Waals surface area contributed by atoms with E-state index in [9.17, 15) is 4.79 Å². The molecule has 0 saturated carbocycles. The second kappa shape index (κ2) is 12.1. The molecule has 0 heterocycles. The monoisotopic (exact) mass is 474 g/mol. The molecule has 1 rings (SSSR count). The highest BCUT2D eigenvalue weighted by Crippen LogP contribution is 2.21. The van der Waals surface area contributed by atoms with Crippen molar-refractivity contribution in [2.24, 2.45) is 10.4 Å². The van der Waals surface area contributed by atoms with E-state index < -0.39 is 0 Å². The van der Waals surface area contributed by atoms with Gasteiger partial charge in [0.15, 0.2) is 5.96 Å². The third-order valence-electron chi connectivity index (χ3n) is 3.89. The van der Waals surface area contributed by atoms with Gasteiger partial charge in [-0.15, -0.1) is 24.0 Å². The number of amides is 1. The number of benzene rings is 1. The van der Waals surface area contributed by atoms with Crippen LogP contribution < -0.4 is 16.0 Å². The zero-order valence-electron chi connectivity index (χ0n) is 17.0. The van der Waals surface area contributed by atoms with Gasteiger partial charge in [-0.2, -0.15) is 0 Å². The fraction of sp³-hybridized carbons (Fsp3) is 0.600. The minimum atomic E-state index is -0.0772. The zero-order valence-corrected chi connectivity index (χ0v) is 19.3. The fourth-order valence-corrected chi connectivity index (χ4v) is 2.40. The van der Waals surface area contributed by atoms with Crippen LogP contribution in [0.4, 0.5) is 0 Å². The summed E-state index contributed by atoms with van der Waals surface area (Å²) in [6.07, 6.45) is 2.26. The van der Waals surface area contributed by atoms with Gasteiger partial charge in [-0.3, -0.25) is 4.79 Å². The molecule has 0 spiro atoms. The maximum absolute atomic E-state index is 11.7. The van der Waals surface area contributed by atoms with Crippen molar-refractivity contribution in [3.63, 3.8) is 0 Å². The fourth-order valence-electron chi connectivity index (χ4n) is 2.40. The molecule has 6 heteroatoms. The van der Waals surface area contributed by atoms with Crippen LogP contribution in [-0.4, -0.2) is 31.5 Å². The number of rotatable bonds is 7. The molecule has 0 aliphatic heterocycles. The number of aliphatic imine (C=N–C) groups is 1. The van der Waals surface area contributed by atoms with Crippen molar-refractivity contribution >= 4 is 35.8 Å². The maximum atomic E-state index is 11.7. The Labute approximate surface area is 175 Å². The van der Waals surface area contributed by atoms with Crippen LogP contribution in [0, 0.1) is 5.41 Å². The summed E-state index contributed by atoms with van der Waals surface area (Å²) < 4.78 is 0. The van der Waals surface area contributed by atoms with Crippen LogP contribution in [-0.2, 0) is 6.54 Å². The molecular formula is C20H35IN4O. The van der Waals surface area contributed by atoms with E-state index in [2.05, 4.69) is 55.6 Å². The summed E-state index contributed by atoms with van der Waals surface area (Å²) in [4.78, 5) is 16.4. The first-order chi connectivity index (χ1) is 11.7. The number of carbonyl (C=O) groups is 1. The number of halogens is 1. The summed E-state index contributed by atoms with van der Waals surface area (Å²) >= 11 is 0. The Kier molecular flexibility index (Phi) is 11.5. The first-order valence-electron chi connectivity index (χ1n) is 9.11. The lowest BCUT2D eigenvalue weighted by molar-refractivity contribution is 0.0963. The van der Waals surface area contributed by atoms with Crippen molar-refractivity contribution in [2.45, 2.75) is 60.0 Å². The summed E-state index contributed by atoms with van der Waals surface area (Å²) in [5.41, 5.74) is 2.01. The van der Waals surface area contributed by atoms with Crippen molar-refractivity contribution in [2.75, 3.05) is 13.6 Å². The predicted molar refractivity (Wildman–Crippen MR) is 121 cm³/mol. The van der Waals surface area contributed by atoms with Gasteiger partial charge in [0.2, 0.25) is 0 Å². The molecule has 1 unspecified atom stereocenters. The van der Waals surface area contributed by atoms with E-state index in [-0.39, 0.29) is 29.9 Å². The van der Waals surface area contributed by atoms with E-state index in [0.717, 1.165) is 30.9 Å². The van der Waals surface area contributed by atoms with Gasteiger partial charge < -0.3 is 16.0 Å². The smallest absolute Gasteiger partial charge is 0.251 e. The Bertz CT molecular complexity index is 581. The van der Waals surface area contributed by atoms with E-state index >= 15 is 0 Å². The molecule has 1 aromatic rings. The number of nitrogens with one attached hydrogen (secondary N) is 3. The SMILES string of the molecule is CCNC(=NCc1cccc(C(=O)NC)c1)NC(C)CCC(C)(C)C.I. The number of hydrogen-bond donors (Lipinski definition) is 3. The number of nitrogens with zero attached hydrogens (tertiary/aromatic N) is 1. The van der Waals surface area contributed by atoms with Gasteiger partial charge in [0.25, 0.3) is 5.91 Å². The molecule has 0 aromatic heterocycles. The standard InChI is InChI=1S/C20H34N4O.HI/c1-7-22-19(24-15(2)11-12-20(3,4)5)23-14-16-9-8-10-17(13-16)18(25)21-6;/h8-10,13,15H,7,11-12,14H2,1-6H3,(H,21,25)(H2,22,23,24);1H. The summed E-state index contributed by atoms with van der Waals surface area (Å²) in [6.45, 7) is 12.4. The summed E-state index contributed by atoms with van der Waals surface area (Å²) in [5, 5.41) is 9.40. The Balaban J connectivity index is 0.00000625. The van der Waals surface area contributed by atoms with E-state index in [1.807, 2.05) is 24.3 Å². The normalized spacial score (nSPS) is 12.8. The van der Waals surface area contributed by atoms with Crippen LogP contribution in [0.5, 0.6) is 0 Å². The molecule has 0 fully saturated rings. The molecular weight excluding hydrogens is 439 g/mol. The zero-order chi connectivity index (χ0) is 18.9. The molecule has 0 aliphatic rings. The lowest BCUT2D eigenvalue weighted by Gasteiger charge is -2.23. The highest BCUT2D eigenvalue weighted by Gasteiger charge is 2.13. The van der Waals surface area contributed by atoms with Crippen LogP contribution >= 0.6 is 24.0 Å². The van der Waals surface area contributed by atoms with Crippen molar-refractivity contribution in [1.82, 2.24) is 16.0 Å². The highest BCUT2D eigenvalue weighted by atomic mass is 127. The second-order valence-corrected chi connectivity index (χ2v) is 7.62. The van der Waals surface area contributed by atoms with Gasteiger partial charge in [0, 0.05) is 25.2 Å². The third kappa shape index (κ3) is 9.99. The van der Waals surface area contributed by atoms with Crippen LogP contribution in [0.1, 0.15) is 63.4 Å². The van der Waals surface area contributed by atoms with Crippen molar-refractivity contribution in [1.29, 1.82) is 0 Å². The number of guanidine groups is 1. The largest absolute Gasteiger partial charge is 0.357 e. The molecule has 0 radical (unpaired) electrons. The quantitative estimate of drug-likeness (QED) is 0.319. The van der Waals surface area contributed by atoms with Gasteiger partial charge in [-0.1, -0.05) is 32.9 Å². The molecule has 1 aromatic carbocycles. The Morgan fingerprint density at radius 2 is 1.96 bits per heavy atom. The van der Waals surface area contributed by atoms with Crippen LogP contribution in [0.25, 0.3) is 0 Å². The van der Waals surface area contributed by atoms with Crippen molar-refractivity contribution < 1.29 is 4.79 Å². The summed E-state index contributed by atoms with van der Waals surface area (Å²) in [6, 6.07) is 7.93. The minimum absolute atomic E-state index is 0. The van der Waals surface area contributed by atoms with Crippen molar-refractivity contribution in [3.8, 4) is 0 Å². The number of carbonyl (C=O) groups excluding carboxylic acids is 1. The molecule has 148 valence electrons. The molecule has 0 bridgehead atoms. The third-order valence-corrected chi connectivity index (χ3v) is 3.89. The van der Waals surface area contributed by atoms with Gasteiger partial charge in [0.1, 0.15) is 0 Å². The van der Waals surface area contributed by atoms with E-state index in [1.54, 1.807) is 7.05 Å². The summed E-state index contributed by atoms with van der Waals surface area (Å²) in [7, 11) is 1.64. The molecule has 26 heavy (non-hydrogen) atoms. The Hall–Kier alpha value is -1.31. The molecule has 0 aliphatic carbocycles. The predicted octanol–water partition coefficient (Wildman–Crippen LogP) is 3.93. The molecule has 1 atom stereocenters. The average molecular weight is 474 g/mol. The topological polar surface area (TPSA) is 65.5 Å². The minimum Gasteiger partial charge on any atom is -0.357 e. The summed E-state index contributed by atoms with van der Waals surface area (Å²) in [5.74, 6) is 0.737. The number of hydrogen-bond acceptors (Lipinski definition) is 2. The van der Waals surface area contributed by atoms with Crippen molar-refractivity contribution in [3.05, 3.63) is 35.4 Å². The van der Waals surface area contributed by atoms with Crippen LogP contribution in [0.2, 0.25) is 0 Å². The van der Waals surface area contributed by atoms with E-state index in [1.165, 1.54) is 0 Å². The van der Waals surface area contributed by atoms with Gasteiger partial charge in [-0.05, 0) is 49.8 Å². The first-order valence-corrected chi connectivity index (χ1v) is 9.11. The van der Waals surface area contributed by atoms with E-state index in [4.69, 9.17) is 0 Å². The van der Waals surface area contributed by atoms with Gasteiger partial charge in [-0.25, -0.2) is 4.99 Å². The Morgan fingerprint density at radius 3 is 2.54 bits per heavy atom. The maximum Gasteiger partial charge on any atom is 0.251 e.